The second-order valence-corrected chi connectivity index (χ2v) is 4.40. The van der Waals surface area contributed by atoms with Gasteiger partial charge in [-0.3, -0.25) is 0 Å². The van der Waals surface area contributed by atoms with Gasteiger partial charge in [-0.25, -0.2) is 0 Å². The van der Waals surface area contributed by atoms with E-state index in [-0.39, 0.29) is 0 Å². The van der Waals surface area contributed by atoms with Crippen molar-refractivity contribution in [1.82, 2.24) is 15.0 Å². The van der Waals surface area contributed by atoms with Crippen LogP contribution in [0.25, 0.3) is 0 Å². The molecule has 2 N–H and O–H groups in total. The van der Waals surface area contributed by atoms with E-state index in [4.69, 9.17) is 4.74 Å². The Labute approximate surface area is 108 Å². The minimum absolute atomic E-state index is 0.382. The van der Waals surface area contributed by atoms with Gasteiger partial charge in [-0.15, -0.1) is 0 Å². The predicted molar refractivity (Wildman–Crippen MR) is 71.0 cm³/mol. The summed E-state index contributed by atoms with van der Waals surface area (Å²) in [6.07, 6.45) is 4.68. The molecule has 1 aliphatic carbocycles. The van der Waals surface area contributed by atoms with Crippen LogP contribution in [-0.4, -0.2) is 34.1 Å². The van der Waals surface area contributed by atoms with E-state index in [1.165, 1.54) is 19.3 Å². The maximum absolute atomic E-state index is 5.36. The number of hydrogen-bond acceptors (Lipinski definition) is 6. The SMILES string of the molecule is CCCNc1nc(NC2CCC2)nc(OCC)n1. The zero-order valence-corrected chi connectivity index (χ0v) is 11.1. The molecule has 1 saturated carbocycles. The zero-order chi connectivity index (χ0) is 12.8. The van der Waals surface area contributed by atoms with Gasteiger partial charge >= 0.3 is 6.01 Å². The van der Waals surface area contributed by atoms with Gasteiger partial charge < -0.3 is 15.4 Å². The largest absolute Gasteiger partial charge is 0.464 e. The molecule has 0 unspecified atom stereocenters. The summed E-state index contributed by atoms with van der Waals surface area (Å²) in [5, 5.41) is 6.47. The number of anilines is 2. The summed E-state index contributed by atoms with van der Waals surface area (Å²) < 4.78 is 5.36. The van der Waals surface area contributed by atoms with Gasteiger partial charge in [-0.1, -0.05) is 6.92 Å². The number of nitrogens with zero attached hydrogens (tertiary/aromatic N) is 3. The minimum Gasteiger partial charge on any atom is -0.464 e. The molecule has 0 bridgehead atoms. The van der Waals surface area contributed by atoms with E-state index in [9.17, 15) is 0 Å². The number of hydrogen-bond donors (Lipinski definition) is 2. The second-order valence-electron chi connectivity index (χ2n) is 4.40. The molecule has 1 heterocycles. The summed E-state index contributed by atoms with van der Waals surface area (Å²) in [6, 6.07) is 0.883. The topological polar surface area (TPSA) is 72.0 Å². The van der Waals surface area contributed by atoms with Crippen molar-refractivity contribution in [2.75, 3.05) is 23.8 Å². The third-order valence-electron chi connectivity index (χ3n) is 2.86. The Morgan fingerprint density at radius 3 is 2.56 bits per heavy atom. The molecule has 0 amide bonds. The summed E-state index contributed by atoms with van der Waals surface area (Å²) >= 11 is 0. The molecule has 1 aromatic heterocycles. The van der Waals surface area contributed by atoms with Crippen molar-refractivity contribution in [1.29, 1.82) is 0 Å². The smallest absolute Gasteiger partial charge is 0.323 e. The molecule has 0 atom stereocenters. The van der Waals surface area contributed by atoms with Gasteiger partial charge in [0, 0.05) is 12.6 Å². The highest BCUT2D eigenvalue weighted by molar-refractivity contribution is 5.36. The van der Waals surface area contributed by atoms with Gasteiger partial charge in [0.15, 0.2) is 0 Å². The maximum Gasteiger partial charge on any atom is 0.323 e. The van der Waals surface area contributed by atoms with Crippen LogP contribution in [0.4, 0.5) is 11.9 Å². The summed E-state index contributed by atoms with van der Waals surface area (Å²) in [4.78, 5) is 12.8. The Morgan fingerprint density at radius 2 is 1.94 bits per heavy atom. The fourth-order valence-corrected chi connectivity index (χ4v) is 1.67. The fourth-order valence-electron chi connectivity index (χ4n) is 1.67. The van der Waals surface area contributed by atoms with Crippen LogP contribution in [-0.2, 0) is 0 Å². The number of aromatic nitrogens is 3. The normalized spacial score (nSPS) is 15.0. The molecule has 0 radical (unpaired) electrons. The highest BCUT2D eigenvalue weighted by atomic mass is 16.5. The van der Waals surface area contributed by atoms with Crippen LogP contribution in [0.2, 0.25) is 0 Å². The Morgan fingerprint density at radius 1 is 1.17 bits per heavy atom. The summed E-state index contributed by atoms with van der Waals surface area (Å²) in [5.74, 6) is 1.19. The molecular weight excluding hydrogens is 230 g/mol. The van der Waals surface area contributed by atoms with Crippen molar-refractivity contribution in [3.05, 3.63) is 0 Å². The van der Waals surface area contributed by atoms with Crippen molar-refractivity contribution in [2.24, 2.45) is 0 Å². The van der Waals surface area contributed by atoms with Gasteiger partial charge in [-0.2, -0.15) is 15.0 Å². The lowest BCUT2D eigenvalue weighted by Crippen LogP contribution is -2.28. The van der Waals surface area contributed by atoms with Crippen molar-refractivity contribution in [3.8, 4) is 6.01 Å². The number of ether oxygens (including phenoxy) is 1. The van der Waals surface area contributed by atoms with E-state index in [1.54, 1.807) is 0 Å². The van der Waals surface area contributed by atoms with Crippen LogP contribution in [0.15, 0.2) is 0 Å². The first-order valence-electron chi connectivity index (χ1n) is 6.71. The Balaban J connectivity index is 2.07. The van der Waals surface area contributed by atoms with E-state index in [0.29, 0.717) is 30.6 Å². The number of rotatable bonds is 7. The van der Waals surface area contributed by atoms with E-state index in [0.717, 1.165) is 13.0 Å². The van der Waals surface area contributed by atoms with E-state index >= 15 is 0 Å². The van der Waals surface area contributed by atoms with Crippen LogP contribution in [0.1, 0.15) is 39.5 Å². The lowest BCUT2D eigenvalue weighted by Gasteiger charge is -2.26. The van der Waals surface area contributed by atoms with Gasteiger partial charge in [0.2, 0.25) is 11.9 Å². The van der Waals surface area contributed by atoms with Crippen molar-refractivity contribution in [2.45, 2.75) is 45.6 Å². The first-order valence-corrected chi connectivity index (χ1v) is 6.71. The Bertz CT molecular complexity index is 381. The molecule has 18 heavy (non-hydrogen) atoms. The molecule has 6 heteroatoms. The fraction of sp³-hybridized carbons (Fsp3) is 0.750. The molecule has 100 valence electrons. The van der Waals surface area contributed by atoms with E-state index in [1.807, 2.05) is 6.92 Å². The zero-order valence-electron chi connectivity index (χ0n) is 11.1. The van der Waals surface area contributed by atoms with Crippen LogP contribution >= 0.6 is 0 Å². The van der Waals surface area contributed by atoms with Crippen molar-refractivity contribution in [3.63, 3.8) is 0 Å². The minimum atomic E-state index is 0.382. The summed E-state index contributed by atoms with van der Waals surface area (Å²) in [7, 11) is 0. The third-order valence-corrected chi connectivity index (χ3v) is 2.86. The Kier molecular flexibility index (Phi) is 4.55. The molecule has 0 spiro atoms. The third kappa shape index (κ3) is 3.45. The molecule has 0 saturated heterocycles. The molecule has 1 aromatic rings. The maximum atomic E-state index is 5.36. The first kappa shape index (κ1) is 12.9. The monoisotopic (exact) mass is 251 g/mol. The van der Waals surface area contributed by atoms with Gasteiger partial charge in [0.25, 0.3) is 0 Å². The summed E-state index contributed by atoms with van der Waals surface area (Å²) in [5.41, 5.74) is 0. The number of nitrogens with one attached hydrogen (secondary N) is 2. The van der Waals surface area contributed by atoms with Gasteiger partial charge in [0.1, 0.15) is 0 Å². The Hall–Kier alpha value is -1.59. The van der Waals surface area contributed by atoms with Gasteiger partial charge in [-0.05, 0) is 32.6 Å². The molecule has 2 rings (SSSR count). The van der Waals surface area contributed by atoms with Gasteiger partial charge in [0.05, 0.1) is 6.61 Å². The highest BCUT2D eigenvalue weighted by Crippen LogP contribution is 2.22. The first-order chi connectivity index (χ1) is 8.81. The quantitative estimate of drug-likeness (QED) is 0.773. The lowest BCUT2D eigenvalue weighted by molar-refractivity contribution is 0.312. The molecule has 6 nitrogen and oxygen atoms in total. The van der Waals surface area contributed by atoms with Crippen LogP contribution in [0.5, 0.6) is 6.01 Å². The highest BCUT2D eigenvalue weighted by Gasteiger charge is 2.19. The average Bonchev–Trinajstić information content (AvgIpc) is 2.32. The standard InChI is InChI=1S/C12H21N5O/c1-3-8-13-10-15-11(14-9-6-5-7-9)17-12(16-10)18-4-2/h9H,3-8H2,1-2H3,(H2,13,14,15,16,17). The van der Waals surface area contributed by atoms with Crippen LogP contribution in [0, 0.1) is 0 Å². The van der Waals surface area contributed by atoms with Crippen molar-refractivity contribution < 1.29 is 4.74 Å². The molecular formula is C12H21N5O. The van der Waals surface area contributed by atoms with E-state index in [2.05, 4.69) is 32.5 Å². The van der Waals surface area contributed by atoms with E-state index < -0.39 is 0 Å². The summed E-state index contributed by atoms with van der Waals surface area (Å²) in [6.45, 7) is 5.42. The lowest BCUT2D eigenvalue weighted by atomic mass is 9.93. The molecule has 1 aliphatic rings. The molecule has 1 fully saturated rings. The van der Waals surface area contributed by atoms with Crippen LogP contribution < -0.4 is 15.4 Å². The second kappa shape index (κ2) is 6.37. The average molecular weight is 251 g/mol. The van der Waals surface area contributed by atoms with Crippen molar-refractivity contribution >= 4 is 11.9 Å². The predicted octanol–water partition coefficient (Wildman–Crippen LogP) is 2.06. The molecule has 0 aromatic carbocycles. The molecule has 0 aliphatic heterocycles. The van der Waals surface area contributed by atoms with Crippen LogP contribution in [0.3, 0.4) is 0 Å².